The molecule has 5 rings (SSSR count). The van der Waals surface area contributed by atoms with Crippen LogP contribution >= 0.6 is 0 Å². The van der Waals surface area contributed by atoms with Crippen LogP contribution in [-0.4, -0.2) is 43.9 Å². The number of ether oxygens (including phenoxy) is 1. The number of piperidine rings is 1. The Hall–Kier alpha value is -2.27. The molecule has 2 aromatic carbocycles. The lowest BCUT2D eigenvalue weighted by atomic mass is 9.89. The summed E-state index contributed by atoms with van der Waals surface area (Å²) >= 11 is 0. The van der Waals surface area contributed by atoms with Crippen molar-refractivity contribution >= 4 is 11.4 Å². The van der Waals surface area contributed by atoms with Gasteiger partial charge in [-0.05, 0) is 61.7 Å². The van der Waals surface area contributed by atoms with Gasteiger partial charge in [-0.3, -0.25) is 4.90 Å². The molecule has 4 nitrogen and oxygen atoms in total. The average molecular weight is 353 g/mol. The van der Waals surface area contributed by atoms with Gasteiger partial charge in [-0.25, -0.2) is 4.39 Å². The quantitative estimate of drug-likeness (QED) is 0.911. The van der Waals surface area contributed by atoms with Crippen LogP contribution in [0, 0.1) is 5.82 Å². The Labute approximate surface area is 153 Å². The highest BCUT2D eigenvalue weighted by Gasteiger charge is 2.35. The maximum Gasteiger partial charge on any atom is 0.144 e. The molecule has 5 heteroatoms. The van der Waals surface area contributed by atoms with E-state index in [1.54, 1.807) is 12.1 Å². The summed E-state index contributed by atoms with van der Waals surface area (Å²) in [4.78, 5) is 5.01. The maximum atomic E-state index is 13.1. The summed E-state index contributed by atoms with van der Waals surface area (Å²) in [7, 11) is 0. The lowest BCUT2D eigenvalue weighted by molar-refractivity contribution is 0.201. The van der Waals surface area contributed by atoms with Crippen molar-refractivity contribution in [3.05, 3.63) is 53.8 Å². The third kappa shape index (κ3) is 2.80. The molecule has 3 heterocycles. The van der Waals surface area contributed by atoms with Crippen molar-refractivity contribution in [2.24, 2.45) is 0 Å². The van der Waals surface area contributed by atoms with Gasteiger partial charge in [-0.2, -0.15) is 0 Å². The second-order valence-electron chi connectivity index (χ2n) is 7.48. The van der Waals surface area contributed by atoms with E-state index in [-0.39, 0.29) is 5.82 Å². The van der Waals surface area contributed by atoms with Crippen molar-refractivity contribution in [3.63, 3.8) is 0 Å². The molecule has 0 amide bonds. The van der Waals surface area contributed by atoms with Crippen molar-refractivity contribution in [2.75, 3.05) is 43.0 Å². The van der Waals surface area contributed by atoms with Crippen molar-refractivity contribution < 1.29 is 9.13 Å². The molecule has 1 N–H and O–H groups in total. The molecule has 2 aromatic rings. The first-order valence-electron chi connectivity index (χ1n) is 9.55. The number of benzene rings is 2. The van der Waals surface area contributed by atoms with Gasteiger partial charge in [0.15, 0.2) is 0 Å². The Kier molecular flexibility index (Phi) is 3.97. The normalized spacial score (nSPS) is 22.7. The number of para-hydroxylation sites is 1. The number of hydrogen-bond donors (Lipinski definition) is 1. The Balaban J connectivity index is 1.22. The number of halogens is 1. The number of likely N-dealkylation sites (tertiary alicyclic amines) is 1. The molecule has 0 aromatic heterocycles. The largest absolute Gasteiger partial charge is 0.489 e. The first kappa shape index (κ1) is 15.9. The minimum Gasteiger partial charge on any atom is -0.489 e. The summed E-state index contributed by atoms with van der Waals surface area (Å²) in [6.45, 7) is 4.89. The third-order valence-electron chi connectivity index (χ3n) is 5.93. The van der Waals surface area contributed by atoms with Gasteiger partial charge in [0.1, 0.15) is 30.0 Å². The summed E-state index contributed by atoms with van der Waals surface area (Å²) in [5, 5.41) is 3.68. The van der Waals surface area contributed by atoms with Gasteiger partial charge in [-0.15, -0.1) is 0 Å². The molecule has 3 aliphatic rings. The summed E-state index contributed by atoms with van der Waals surface area (Å²) in [6.07, 6.45) is 2.59. The predicted molar refractivity (Wildman–Crippen MR) is 102 cm³/mol. The van der Waals surface area contributed by atoms with E-state index >= 15 is 0 Å². The zero-order valence-electron chi connectivity index (χ0n) is 14.8. The standard InChI is InChI=1S/C21H24FN3O/c22-17-6-4-15(5-7-17)16-8-10-24(11-9-16)14-20-23-18-2-1-3-19-21(18)25(20)12-13-26-19/h1-7,16,20,23H,8-14H2. The van der Waals surface area contributed by atoms with Crippen LogP contribution < -0.4 is 15.0 Å². The molecular formula is C21H24FN3O. The molecule has 0 aliphatic carbocycles. The number of nitrogens with zero attached hydrogens (tertiary/aromatic N) is 2. The van der Waals surface area contributed by atoms with E-state index in [2.05, 4.69) is 33.3 Å². The van der Waals surface area contributed by atoms with Crippen molar-refractivity contribution in [2.45, 2.75) is 24.9 Å². The molecule has 1 atom stereocenters. The van der Waals surface area contributed by atoms with Gasteiger partial charge in [0.25, 0.3) is 0 Å². The van der Waals surface area contributed by atoms with Crippen molar-refractivity contribution in [3.8, 4) is 5.75 Å². The van der Waals surface area contributed by atoms with Crippen LogP contribution in [0.4, 0.5) is 15.8 Å². The first-order valence-corrected chi connectivity index (χ1v) is 9.55. The van der Waals surface area contributed by atoms with E-state index in [1.807, 2.05) is 12.1 Å². The van der Waals surface area contributed by atoms with Crippen LogP contribution in [0.25, 0.3) is 0 Å². The molecule has 1 fully saturated rings. The van der Waals surface area contributed by atoms with E-state index in [1.165, 1.54) is 16.9 Å². The summed E-state index contributed by atoms with van der Waals surface area (Å²) in [5.41, 5.74) is 3.69. The fourth-order valence-electron chi connectivity index (χ4n) is 4.56. The zero-order valence-corrected chi connectivity index (χ0v) is 14.8. The van der Waals surface area contributed by atoms with Crippen LogP contribution in [-0.2, 0) is 0 Å². The van der Waals surface area contributed by atoms with Gasteiger partial charge >= 0.3 is 0 Å². The fraction of sp³-hybridized carbons (Fsp3) is 0.429. The van der Waals surface area contributed by atoms with Crippen molar-refractivity contribution in [1.29, 1.82) is 0 Å². The molecule has 3 aliphatic heterocycles. The Morgan fingerprint density at radius 3 is 2.65 bits per heavy atom. The van der Waals surface area contributed by atoms with Crippen LogP contribution in [0.2, 0.25) is 0 Å². The van der Waals surface area contributed by atoms with Gasteiger partial charge in [0.05, 0.1) is 12.2 Å². The van der Waals surface area contributed by atoms with Crippen molar-refractivity contribution in [1.82, 2.24) is 4.90 Å². The smallest absolute Gasteiger partial charge is 0.144 e. The highest BCUT2D eigenvalue weighted by Crippen LogP contribution is 2.44. The van der Waals surface area contributed by atoms with Crippen LogP contribution in [0.3, 0.4) is 0 Å². The van der Waals surface area contributed by atoms with Crippen LogP contribution in [0.1, 0.15) is 24.3 Å². The van der Waals surface area contributed by atoms with Gasteiger partial charge in [-0.1, -0.05) is 18.2 Å². The molecule has 0 radical (unpaired) electrons. The maximum absolute atomic E-state index is 13.1. The lowest BCUT2D eigenvalue weighted by Crippen LogP contribution is -2.49. The van der Waals surface area contributed by atoms with E-state index < -0.39 is 0 Å². The average Bonchev–Trinajstić information content (AvgIpc) is 3.03. The highest BCUT2D eigenvalue weighted by atomic mass is 19.1. The summed E-state index contributed by atoms with van der Waals surface area (Å²) < 4.78 is 18.9. The Bertz CT molecular complexity index is 786. The Morgan fingerprint density at radius 2 is 1.85 bits per heavy atom. The van der Waals surface area contributed by atoms with Crippen LogP contribution in [0.5, 0.6) is 5.75 Å². The molecule has 1 unspecified atom stereocenters. The second-order valence-corrected chi connectivity index (χ2v) is 7.48. The molecule has 0 bridgehead atoms. The molecule has 26 heavy (non-hydrogen) atoms. The third-order valence-corrected chi connectivity index (χ3v) is 5.93. The lowest BCUT2D eigenvalue weighted by Gasteiger charge is -2.37. The highest BCUT2D eigenvalue weighted by molar-refractivity contribution is 5.82. The first-order chi connectivity index (χ1) is 12.8. The molecule has 1 saturated heterocycles. The molecular weight excluding hydrogens is 329 g/mol. The van der Waals surface area contributed by atoms with Gasteiger partial charge in [0.2, 0.25) is 0 Å². The number of hydrogen-bond acceptors (Lipinski definition) is 4. The monoisotopic (exact) mass is 353 g/mol. The van der Waals surface area contributed by atoms with E-state index in [0.29, 0.717) is 12.1 Å². The topological polar surface area (TPSA) is 27.7 Å². The predicted octanol–water partition coefficient (Wildman–Crippen LogP) is 3.66. The van der Waals surface area contributed by atoms with E-state index in [4.69, 9.17) is 4.74 Å². The van der Waals surface area contributed by atoms with Crippen LogP contribution in [0.15, 0.2) is 42.5 Å². The van der Waals surface area contributed by atoms with E-state index in [9.17, 15) is 4.39 Å². The summed E-state index contributed by atoms with van der Waals surface area (Å²) in [6, 6.07) is 13.3. The minimum absolute atomic E-state index is 0.150. The summed E-state index contributed by atoms with van der Waals surface area (Å²) in [5.74, 6) is 1.40. The molecule has 0 saturated carbocycles. The number of rotatable bonds is 3. The Morgan fingerprint density at radius 1 is 1.04 bits per heavy atom. The zero-order chi connectivity index (χ0) is 17.5. The number of anilines is 2. The SMILES string of the molecule is Fc1ccc(C2CCN(CC3Nc4cccc5c4N3CCO5)CC2)cc1. The molecule has 136 valence electrons. The fourth-order valence-corrected chi connectivity index (χ4v) is 4.56. The molecule has 0 spiro atoms. The minimum atomic E-state index is -0.150. The van der Waals surface area contributed by atoms with Gasteiger partial charge < -0.3 is 15.0 Å². The van der Waals surface area contributed by atoms with E-state index in [0.717, 1.165) is 51.4 Å². The second kappa shape index (κ2) is 6.47. The van der Waals surface area contributed by atoms with Gasteiger partial charge in [0, 0.05) is 6.54 Å². The number of nitrogens with one attached hydrogen (secondary N) is 1.